The van der Waals surface area contributed by atoms with Crippen LogP contribution in [0, 0.1) is 5.92 Å². The third kappa shape index (κ3) is 1.29. The summed E-state index contributed by atoms with van der Waals surface area (Å²) in [5.41, 5.74) is 0.366. The van der Waals surface area contributed by atoms with E-state index in [0.717, 1.165) is 0 Å². The van der Waals surface area contributed by atoms with Crippen molar-refractivity contribution in [3.8, 4) is 0 Å². The zero-order valence-corrected chi connectivity index (χ0v) is 6.57. The van der Waals surface area contributed by atoms with Crippen LogP contribution in [0.2, 0.25) is 0 Å². The van der Waals surface area contributed by atoms with E-state index in [1.807, 2.05) is 0 Å². The number of allylic oxidation sites excluding steroid dienone is 1. The smallest absolute Gasteiger partial charge is 0.192 e. The summed E-state index contributed by atoms with van der Waals surface area (Å²) in [5.74, 6) is -2.17. The predicted molar refractivity (Wildman–Crippen MR) is 40.8 cm³/mol. The SMILES string of the molecule is CC1=CC(O)=CC(C)C1(O)O. The third-order valence-electron chi connectivity index (χ3n) is 2.00. The van der Waals surface area contributed by atoms with Crippen LogP contribution in [-0.4, -0.2) is 21.1 Å². The molecule has 1 rings (SSSR count). The van der Waals surface area contributed by atoms with Gasteiger partial charge in [-0.2, -0.15) is 0 Å². The second-order valence-electron chi connectivity index (χ2n) is 2.93. The van der Waals surface area contributed by atoms with Gasteiger partial charge in [0.1, 0.15) is 5.76 Å². The highest BCUT2D eigenvalue weighted by atomic mass is 16.5. The summed E-state index contributed by atoms with van der Waals surface area (Å²) in [6.45, 7) is 3.20. The molecule has 0 heterocycles. The fourth-order valence-corrected chi connectivity index (χ4v) is 1.11. The molecule has 0 fully saturated rings. The first kappa shape index (κ1) is 8.30. The van der Waals surface area contributed by atoms with Gasteiger partial charge in [-0.3, -0.25) is 0 Å². The Morgan fingerprint density at radius 2 is 2.00 bits per heavy atom. The van der Waals surface area contributed by atoms with Crippen molar-refractivity contribution < 1.29 is 15.3 Å². The Hall–Kier alpha value is -0.800. The molecule has 1 aliphatic rings. The van der Waals surface area contributed by atoms with Gasteiger partial charge in [0.05, 0.1) is 0 Å². The molecule has 3 heteroatoms. The van der Waals surface area contributed by atoms with E-state index in [1.165, 1.54) is 12.2 Å². The largest absolute Gasteiger partial charge is 0.508 e. The van der Waals surface area contributed by atoms with Crippen molar-refractivity contribution in [2.24, 2.45) is 5.92 Å². The quantitative estimate of drug-likeness (QED) is 0.452. The van der Waals surface area contributed by atoms with Gasteiger partial charge in [0.15, 0.2) is 5.79 Å². The minimum absolute atomic E-state index is 0.0914. The van der Waals surface area contributed by atoms with Crippen LogP contribution < -0.4 is 0 Å². The second-order valence-corrected chi connectivity index (χ2v) is 2.93. The number of aliphatic hydroxyl groups is 3. The summed E-state index contributed by atoms with van der Waals surface area (Å²) in [6.07, 6.45) is 2.76. The van der Waals surface area contributed by atoms with Crippen LogP contribution in [0.1, 0.15) is 13.8 Å². The molecular formula is C8H12O3. The Kier molecular flexibility index (Phi) is 1.78. The van der Waals surface area contributed by atoms with E-state index in [0.29, 0.717) is 5.57 Å². The van der Waals surface area contributed by atoms with Crippen molar-refractivity contribution in [2.45, 2.75) is 19.6 Å². The number of aliphatic hydroxyl groups excluding tert-OH is 1. The molecule has 0 amide bonds. The standard InChI is InChI=1S/C8H12O3/c1-5-3-7(9)4-6(2)8(5,10)11/h3-5,9-11H,1-2H3. The second kappa shape index (κ2) is 2.36. The lowest BCUT2D eigenvalue weighted by Gasteiger charge is -2.30. The summed E-state index contributed by atoms with van der Waals surface area (Å²) in [7, 11) is 0. The molecule has 0 radical (unpaired) electrons. The summed E-state index contributed by atoms with van der Waals surface area (Å²) in [5, 5.41) is 27.8. The molecule has 0 aliphatic heterocycles. The first-order chi connectivity index (χ1) is 4.94. The highest BCUT2D eigenvalue weighted by molar-refractivity contribution is 5.28. The van der Waals surface area contributed by atoms with Crippen LogP contribution in [0.5, 0.6) is 0 Å². The van der Waals surface area contributed by atoms with E-state index in [4.69, 9.17) is 5.11 Å². The van der Waals surface area contributed by atoms with E-state index in [9.17, 15) is 10.2 Å². The maximum absolute atomic E-state index is 9.36. The van der Waals surface area contributed by atoms with Gasteiger partial charge >= 0.3 is 0 Å². The topological polar surface area (TPSA) is 60.7 Å². The molecule has 0 saturated carbocycles. The first-order valence-electron chi connectivity index (χ1n) is 3.49. The molecule has 0 aromatic carbocycles. The van der Waals surface area contributed by atoms with Crippen LogP contribution >= 0.6 is 0 Å². The molecule has 3 nitrogen and oxygen atoms in total. The molecule has 3 N–H and O–H groups in total. The molecule has 0 aromatic heterocycles. The lowest BCUT2D eigenvalue weighted by molar-refractivity contribution is -0.154. The van der Waals surface area contributed by atoms with Gasteiger partial charge < -0.3 is 15.3 Å². The molecule has 1 atom stereocenters. The third-order valence-corrected chi connectivity index (χ3v) is 2.00. The van der Waals surface area contributed by atoms with Crippen molar-refractivity contribution in [3.05, 3.63) is 23.5 Å². The average molecular weight is 156 g/mol. The molecule has 0 saturated heterocycles. The Bertz CT molecular complexity index is 225. The Labute approximate surface area is 65.3 Å². The van der Waals surface area contributed by atoms with Gasteiger partial charge in [0.25, 0.3) is 0 Å². The molecule has 0 aromatic rings. The van der Waals surface area contributed by atoms with E-state index in [-0.39, 0.29) is 5.76 Å². The molecule has 1 unspecified atom stereocenters. The Morgan fingerprint density at radius 3 is 2.45 bits per heavy atom. The van der Waals surface area contributed by atoms with Crippen LogP contribution in [0.4, 0.5) is 0 Å². The molecule has 1 aliphatic carbocycles. The van der Waals surface area contributed by atoms with Gasteiger partial charge in [0, 0.05) is 5.92 Å². The number of rotatable bonds is 0. The highest BCUT2D eigenvalue weighted by Crippen LogP contribution is 2.29. The van der Waals surface area contributed by atoms with Gasteiger partial charge in [-0.25, -0.2) is 0 Å². The van der Waals surface area contributed by atoms with Gasteiger partial charge in [-0.15, -0.1) is 0 Å². The van der Waals surface area contributed by atoms with Crippen molar-refractivity contribution in [1.29, 1.82) is 0 Å². The lowest BCUT2D eigenvalue weighted by atomic mass is 9.89. The summed E-state index contributed by atoms with van der Waals surface area (Å²) >= 11 is 0. The van der Waals surface area contributed by atoms with Crippen LogP contribution in [0.15, 0.2) is 23.5 Å². The number of hydrogen-bond acceptors (Lipinski definition) is 3. The summed E-state index contributed by atoms with van der Waals surface area (Å²) in [4.78, 5) is 0. The van der Waals surface area contributed by atoms with Gasteiger partial charge in [-0.1, -0.05) is 6.92 Å². The molecule has 11 heavy (non-hydrogen) atoms. The molecule has 0 spiro atoms. The van der Waals surface area contributed by atoms with E-state index in [1.54, 1.807) is 13.8 Å². The van der Waals surface area contributed by atoms with E-state index in [2.05, 4.69) is 0 Å². The van der Waals surface area contributed by atoms with Crippen LogP contribution in [-0.2, 0) is 0 Å². The molecule has 62 valence electrons. The van der Waals surface area contributed by atoms with Crippen LogP contribution in [0.3, 0.4) is 0 Å². The van der Waals surface area contributed by atoms with Gasteiger partial charge in [0.2, 0.25) is 0 Å². The fourth-order valence-electron chi connectivity index (χ4n) is 1.11. The summed E-state index contributed by atoms with van der Waals surface area (Å²) < 4.78 is 0. The zero-order valence-electron chi connectivity index (χ0n) is 6.57. The van der Waals surface area contributed by atoms with E-state index < -0.39 is 11.7 Å². The molecular weight excluding hydrogens is 144 g/mol. The summed E-state index contributed by atoms with van der Waals surface area (Å²) in [6, 6.07) is 0. The Morgan fingerprint density at radius 1 is 1.45 bits per heavy atom. The maximum Gasteiger partial charge on any atom is 0.192 e. The lowest BCUT2D eigenvalue weighted by Crippen LogP contribution is -2.38. The first-order valence-corrected chi connectivity index (χ1v) is 3.49. The molecule has 0 bridgehead atoms. The normalized spacial score (nSPS) is 29.3. The Balaban J connectivity index is 3.01. The maximum atomic E-state index is 9.36. The fraction of sp³-hybridized carbons (Fsp3) is 0.500. The van der Waals surface area contributed by atoms with Crippen molar-refractivity contribution in [2.75, 3.05) is 0 Å². The minimum Gasteiger partial charge on any atom is -0.508 e. The van der Waals surface area contributed by atoms with E-state index >= 15 is 0 Å². The monoisotopic (exact) mass is 156 g/mol. The zero-order chi connectivity index (χ0) is 8.65. The number of hydrogen-bond donors (Lipinski definition) is 3. The average Bonchev–Trinajstić information content (AvgIpc) is 1.84. The highest BCUT2D eigenvalue weighted by Gasteiger charge is 2.34. The van der Waals surface area contributed by atoms with Crippen LogP contribution in [0.25, 0.3) is 0 Å². The minimum atomic E-state index is -1.80. The predicted octanol–water partition coefficient (Wildman–Crippen LogP) is 0.705. The van der Waals surface area contributed by atoms with Crippen molar-refractivity contribution in [1.82, 2.24) is 0 Å². The van der Waals surface area contributed by atoms with Crippen molar-refractivity contribution >= 4 is 0 Å². The van der Waals surface area contributed by atoms with Crippen molar-refractivity contribution in [3.63, 3.8) is 0 Å². The van der Waals surface area contributed by atoms with Gasteiger partial charge in [-0.05, 0) is 24.6 Å².